The molecule has 186 valence electrons. The minimum atomic E-state index is -4.77. The molecule has 2 aromatic rings. The molecule has 0 N–H and O–H groups in total. The maximum absolute atomic E-state index is 14.9. The second kappa shape index (κ2) is 9.31. The summed E-state index contributed by atoms with van der Waals surface area (Å²) in [5.41, 5.74) is -0.798. The summed E-state index contributed by atoms with van der Waals surface area (Å²) in [6.07, 6.45) is -4.77. The lowest BCUT2D eigenvalue weighted by molar-refractivity contribution is -0.137. The van der Waals surface area contributed by atoms with Crippen molar-refractivity contribution in [3.8, 4) is 0 Å². The molecule has 2 aliphatic heterocycles. The molecule has 0 saturated carbocycles. The summed E-state index contributed by atoms with van der Waals surface area (Å²) < 4.78 is 101. The van der Waals surface area contributed by atoms with Gasteiger partial charge in [0.2, 0.25) is 10.0 Å². The number of rotatable bonds is 4. The lowest BCUT2D eigenvalue weighted by Gasteiger charge is -2.40. The van der Waals surface area contributed by atoms with Crippen molar-refractivity contribution >= 4 is 21.4 Å². The summed E-state index contributed by atoms with van der Waals surface area (Å²) in [6, 6.07) is 5.58. The Morgan fingerprint density at radius 1 is 0.941 bits per heavy atom. The smallest absolute Gasteiger partial charge is 0.378 e. The molecule has 0 radical (unpaired) electrons. The number of hydrogen-bond acceptors (Lipinski definition) is 5. The summed E-state index contributed by atoms with van der Waals surface area (Å²) in [5, 5.41) is 0. The second-order valence-electron chi connectivity index (χ2n) is 8.28. The highest BCUT2D eigenvalue weighted by atomic mass is 32.2. The molecule has 0 spiro atoms. The molecular weight excluding hydrogens is 481 g/mol. The van der Waals surface area contributed by atoms with Gasteiger partial charge in [-0.15, -0.1) is 0 Å². The fourth-order valence-electron chi connectivity index (χ4n) is 4.37. The van der Waals surface area contributed by atoms with Crippen LogP contribution in [0, 0.1) is 11.6 Å². The highest BCUT2D eigenvalue weighted by molar-refractivity contribution is 7.89. The van der Waals surface area contributed by atoms with Gasteiger partial charge >= 0.3 is 6.18 Å². The SMILES string of the molecule is C[C@@H]1CN(c2ccc(F)cc2C(F)(F)F)CCN1S(=O)(=O)c1ccc(N2CCOCC2)cc1F. The van der Waals surface area contributed by atoms with Crippen LogP contribution in [0.5, 0.6) is 0 Å². The molecule has 0 aliphatic carbocycles. The Kier molecular flexibility index (Phi) is 6.76. The van der Waals surface area contributed by atoms with Gasteiger partial charge in [0, 0.05) is 50.1 Å². The average molecular weight is 506 g/mol. The van der Waals surface area contributed by atoms with Crippen LogP contribution >= 0.6 is 0 Å². The van der Waals surface area contributed by atoms with Gasteiger partial charge in [0.1, 0.15) is 16.5 Å². The number of hydrogen-bond donors (Lipinski definition) is 0. The largest absolute Gasteiger partial charge is 0.418 e. The minimum Gasteiger partial charge on any atom is -0.378 e. The lowest BCUT2D eigenvalue weighted by atomic mass is 10.1. The topological polar surface area (TPSA) is 53.1 Å². The fourth-order valence-corrected chi connectivity index (χ4v) is 6.03. The van der Waals surface area contributed by atoms with E-state index >= 15 is 0 Å². The maximum atomic E-state index is 14.9. The quantitative estimate of drug-likeness (QED) is 0.593. The molecule has 2 fully saturated rings. The highest BCUT2D eigenvalue weighted by Crippen LogP contribution is 2.38. The fraction of sp³-hybridized carbons (Fsp3) is 0.455. The lowest BCUT2D eigenvalue weighted by Crippen LogP contribution is -2.54. The van der Waals surface area contributed by atoms with Crippen molar-refractivity contribution in [2.75, 3.05) is 55.7 Å². The number of anilines is 2. The van der Waals surface area contributed by atoms with E-state index in [0.29, 0.717) is 38.1 Å². The van der Waals surface area contributed by atoms with Gasteiger partial charge in [-0.2, -0.15) is 17.5 Å². The van der Waals surface area contributed by atoms with Gasteiger partial charge in [-0.25, -0.2) is 17.2 Å². The normalized spacial score (nSPS) is 20.6. The molecule has 1 atom stereocenters. The third-order valence-corrected chi connectivity index (χ3v) is 8.10. The Bertz CT molecular complexity index is 1150. The summed E-state index contributed by atoms with van der Waals surface area (Å²) in [7, 11) is -4.23. The zero-order valence-corrected chi connectivity index (χ0v) is 19.2. The van der Waals surface area contributed by atoms with Crippen LogP contribution in [0.15, 0.2) is 41.3 Å². The van der Waals surface area contributed by atoms with E-state index in [4.69, 9.17) is 4.74 Å². The zero-order valence-electron chi connectivity index (χ0n) is 18.4. The van der Waals surface area contributed by atoms with Crippen molar-refractivity contribution in [2.24, 2.45) is 0 Å². The summed E-state index contributed by atoms with van der Waals surface area (Å²) in [5.74, 6) is -1.90. The van der Waals surface area contributed by atoms with E-state index in [9.17, 15) is 30.4 Å². The first-order chi connectivity index (χ1) is 16.0. The van der Waals surface area contributed by atoms with E-state index < -0.39 is 44.3 Å². The number of sulfonamides is 1. The number of halogens is 5. The molecule has 2 aromatic carbocycles. The molecule has 0 aromatic heterocycles. The monoisotopic (exact) mass is 505 g/mol. The Morgan fingerprint density at radius 3 is 2.26 bits per heavy atom. The van der Waals surface area contributed by atoms with Gasteiger partial charge in [0.15, 0.2) is 0 Å². The second-order valence-corrected chi connectivity index (χ2v) is 10.1. The van der Waals surface area contributed by atoms with Crippen LogP contribution < -0.4 is 9.80 Å². The third-order valence-electron chi connectivity index (χ3n) is 6.05. The number of nitrogens with zero attached hydrogens (tertiary/aromatic N) is 3. The molecule has 12 heteroatoms. The van der Waals surface area contributed by atoms with E-state index in [-0.39, 0.29) is 25.3 Å². The molecule has 4 rings (SSSR count). The molecule has 0 bridgehead atoms. The standard InChI is InChI=1S/C22H24F5N3O3S/c1-15-14-29(20-4-2-16(23)12-18(20)22(25,26)27)6-7-30(15)34(31,32)21-5-3-17(13-19(21)24)28-8-10-33-11-9-28/h2-5,12-13,15H,6-11,14H2,1H3/t15-/m1/s1. The van der Waals surface area contributed by atoms with Crippen LogP contribution in [-0.4, -0.2) is 64.7 Å². The Labute approximate surface area is 194 Å². The Morgan fingerprint density at radius 2 is 1.65 bits per heavy atom. The molecular formula is C22H24F5N3O3S. The van der Waals surface area contributed by atoms with Gasteiger partial charge in [0.05, 0.1) is 18.8 Å². The molecule has 2 heterocycles. The summed E-state index contributed by atoms with van der Waals surface area (Å²) >= 11 is 0. The first-order valence-electron chi connectivity index (χ1n) is 10.7. The van der Waals surface area contributed by atoms with Crippen LogP contribution in [0.1, 0.15) is 12.5 Å². The highest BCUT2D eigenvalue weighted by Gasteiger charge is 2.39. The molecule has 0 unspecified atom stereocenters. The first kappa shape index (κ1) is 24.7. The van der Waals surface area contributed by atoms with Crippen LogP contribution in [0.2, 0.25) is 0 Å². The number of piperazine rings is 1. The molecule has 6 nitrogen and oxygen atoms in total. The van der Waals surface area contributed by atoms with E-state index in [1.54, 1.807) is 6.92 Å². The van der Waals surface area contributed by atoms with Crippen molar-refractivity contribution in [3.05, 3.63) is 53.6 Å². The van der Waals surface area contributed by atoms with Gasteiger partial charge in [-0.05, 0) is 43.3 Å². The van der Waals surface area contributed by atoms with Gasteiger partial charge in [-0.1, -0.05) is 0 Å². The summed E-state index contributed by atoms with van der Waals surface area (Å²) in [6.45, 7) is 3.37. The summed E-state index contributed by atoms with van der Waals surface area (Å²) in [4.78, 5) is 2.78. The van der Waals surface area contributed by atoms with Crippen LogP contribution in [-0.2, 0) is 20.9 Å². The van der Waals surface area contributed by atoms with Crippen molar-refractivity contribution in [3.63, 3.8) is 0 Å². The van der Waals surface area contributed by atoms with Gasteiger partial charge < -0.3 is 14.5 Å². The minimum absolute atomic E-state index is 0.0637. The number of ether oxygens (including phenoxy) is 1. The van der Waals surface area contributed by atoms with Crippen LogP contribution in [0.4, 0.5) is 33.3 Å². The van der Waals surface area contributed by atoms with Crippen LogP contribution in [0.25, 0.3) is 0 Å². The van der Waals surface area contributed by atoms with E-state index in [0.717, 1.165) is 16.4 Å². The van der Waals surface area contributed by atoms with E-state index in [1.807, 2.05) is 4.90 Å². The molecule has 0 amide bonds. The Hall–Kier alpha value is -2.44. The first-order valence-corrected chi connectivity index (χ1v) is 12.2. The number of benzene rings is 2. The number of alkyl halides is 3. The van der Waals surface area contributed by atoms with Crippen molar-refractivity contribution < 1.29 is 35.1 Å². The van der Waals surface area contributed by atoms with E-state index in [2.05, 4.69) is 0 Å². The van der Waals surface area contributed by atoms with E-state index in [1.165, 1.54) is 23.1 Å². The molecule has 2 saturated heterocycles. The van der Waals surface area contributed by atoms with Crippen molar-refractivity contribution in [2.45, 2.75) is 24.0 Å². The maximum Gasteiger partial charge on any atom is 0.418 e. The van der Waals surface area contributed by atoms with Gasteiger partial charge in [0.25, 0.3) is 0 Å². The van der Waals surface area contributed by atoms with Crippen molar-refractivity contribution in [1.29, 1.82) is 0 Å². The van der Waals surface area contributed by atoms with Crippen LogP contribution in [0.3, 0.4) is 0 Å². The average Bonchev–Trinajstić information content (AvgIpc) is 2.78. The zero-order chi connectivity index (χ0) is 24.7. The molecule has 34 heavy (non-hydrogen) atoms. The predicted molar refractivity (Wildman–Crippen MR) is 116 cm³/mol. The Balaban J connectivity index is 1.55. The third kappa shape index (κ3) is 4.84. The number of morpholine rings is 1. The van der Waals surface area contributed by atoms with Gasteiger partial charge in [-0.3, -0.25) is 0 Å². The van der Waals surface area contributed by atoms with Crippen molar-refractivity contribution in [1.82, 2.24) is 4.31 Å². The molecule has 2 aliphatic rings. The predicted octanol–water partition coefficient (Wildman–Crippen LogP) is 3.72.